The molecule has 12 nitrogen and oxygen atoms in total. The maximum absolute atomic E-state index is 13.4. The molecule has 2 amide bonds. The zero-order valence-corrected chi connectivity index (χ0v) is 25.0. The van der Waals surface area contributed by atoms with Gasteiger partial charge >= 0.3 is 11.8 Å². The Labute approximate surface area is 242 Å². The summed E-state index contributed by atoms with van der Waals surface area (Å²) in [6, 6.07) is 1.55. The number of anilines is 1. The molecular formula is C29H46N6O6. The summed E-state index contributed by atoms with van der Waals surface area (Å²) in [4.78, 5) is 47.2. The van der Waals surface area contributed by atoms with Gasteiger partial charge in [0.05, 0.1) is 4.92 Å². The second-order valence-corrected chi connectivity index (χ2v) is 12.5. The average Bonchev–Trinajstić information content (AvgIpc) is 2.93. The molecule has 0 radical (unpaired) electrons. The first-order valence-electron chi connectivity index (χ1n) is 15.0. The van der Waals surface area contributed by atoms with Crippen molar-refractivity contribution in [1.82, 2.24) is 19.7 Å². The van der Waals surface area contributed by atoms with Gasteiger partial charge in [-0.15, -0.1) is 0 Å². The summed E-state index contributed by atoms with van der Waals surface area (Å²) in [6.07, 6.45) is 7.47. The maximum atomic E-state index is 13.4. The van der Waals surface area contributed by atoms with Crippen LogP contribution in [0.4, 0.5) is 16.2 Å². The molecule has 228 valence electrons. The van der Waals surface area contributed by atoms with Crippen LogP contribution in [-0.2, 0) is 9.53 Å². The van der Waals surface area contributed by atoms with Crippen molar-refractivity contribution in [3.8, 4) is 5.88 Å². The molecule has 4 rings (SSSR count). The fraction of sp³-hybridized carbons (Fsp3) is 0.759. The molecular weight excluding hydrogens is 528 g/mol. The number of piperazine rings is 1. The van der Waals surface area contributed by atoms with Crippen LogP contribution in [0.1, 0.15) is 72.6 Å². The highest BCUT2D eigenvalue weighted by molar-refractivity contribution is 5.80. The highest BCUT2D eigenvalue weighted by atomic mass is 16.6. The lowest BCUT2D eigenvalue weighted by molar-refractivity contribution is -0.384. The molecule has 3 aliphatic rings. The highest BCUT2D eigenvalue weighted by Crippen LogP contribution is 2.33. The minimum absolute atomic E-state index is 0.0165. The normalized spacial score (nSPS) is 24.0. The maximum Gasteiger partial charge on any atom is 0.410 e. The van der Waals surface area contributed by atoms with E-state index in [0.29, 0.717) is 50.7 Å². The summed E-state index contributed by atoms with van der Waals surface area (Å²) in [5.41, 5.74) is -0.235. The molecule has 3 fully saturated rings. The Kier molecular flexibility index (Phi) is 10.3. The molecule has 41 heavy (non-hydrogen) atoms. The Morgan fingerprint density at radius 2 is 1.80 bits per heavy atom. The minimum atomic E-state index is -0.557. The van der Waals surface area contributed by atoms with Crippen molar-refractivity contribution >= 4 is 23.4 Å². The first-order valence-corrected chi connectivity index (χ1v) is 15.0. The number of hydrogen-bond donors (Lipinski definition) is 1. The van der Waals surface area contributed by atoms with E-state index in [2.05, 4.69) is 15.2 Å². The van der Waals surface area contributed by atoms with Crippen LogP contribution in [0.15, 0.2) is 12.3 Å². The number of carbonyl (C=O) groups is 2. The summed E-state index contributed by atoms with van der Waals surface area (Å²) < 4.78 is 11.3. The summed E-state index contributed by atoms with van der Waals surface area (Å²) in [6.45, 7) is 12.4. The lowest BCUT2D eigenvalue weighted by atomic mass is 9.84. The van der Waals surface area contributed by atoms with Crippen LogP contribution in [0, 0.1) is 16.0 Å². The second-order valence-electron chi connectivity index (χ2n) is 12.5. The van der Waals surface area contributed by atoms with Gasteiger partial charge in [-0.25, -0.2) is 9.78 Å². The number of hydrogen-bond acceptors (Lipinski definition) is 9. The first kappa shape index (κ1) is 30.8. The van der Waals surface area contributed by atoms with E-state index in [4.69, 9.17) is 9.47 Å². The number of amides is 2. The van der Waals surface area contributed by atoms with Crippen LogP contribution in [0.25, 0.3) is 0 Å². The van der Waals surface area contributed by atoms with Gasteiger partial charge < -0.3 is 24.6 Å². The van der Waals surface area contributed by atoms with E-state index in [0.717, 1.165) is 32.5 Å². The van der Waals surface area contributed by atoms with Gasteiger partial charge in [0.15, 0.2) is 0 Å². The van der Waals surface area contributed by atoms with Gasteiger partial charge in [0, 0.05) is 50.2 Å². The van der Waals surface area contributed by atoms with Crippen LogP contribution < -0.4 is 10.1 Å². The molecule has 1 aliphatic carbocycles. The number of rotatable bonds is 8. The van der Waals surface area contributed by atoms with Crippen LogP contribution in [0.5, 0.6) is 5.88 Å². The molecule has 0 spiro atoms. The number of nitrogens with one attached hydrogen (secondary N) is 1. The summed E-state index contributed by atoms with van der Waals surface area (Å²) >= 11 is 0. The van der Waals surface area contributed by atoms with Gasteiger partial charge in [-0.3, -0.25) is 19.8 Å². The van der Waals surface area contributed by atoms with Gasteiger partial charge in [-0.05, 0) is 79.3 Å². The van der Waals surface area contributed by atoms with E-state index in [1.165, 1.54) is 25.5 Å². The van der Waals surface area contributed by atoms with Gasteiger partial charge in [0.25, 0.3) is 0 Å². The summed E-state index contributed by atoms with van der Waals surface area (Å²) in [7, 11) is 0. The molecule has 1 saturated carbocycles. The van der Waals surface area contributed by atoms with Crippen molar-refractivity contribution in [2.45, 2.75) is 90.3 Å². The van der Waals surface area contributed by atoms with Crippen LogP contribution in [0.2, 0.25) is 0 Å². The second kappa shape index (κ2) is 13.7. The third kappa shape index (κ3) is 8.67. The Balaban J connectivity index is 1.27. The number of pyridine rings is 1. The molecule has 2 aliphatic heterocycles. The molecule has 0 bridgehead atoms. The molecule has 3 heterocycles. The monoisotopic (exact) mass is 574 g/mol. The zero-order chi connectivity index (χ0) is 29.6. The van der Waals surface area contributed by atoms with Crippen LogP contribution >= 0.6 is 0 Å². The molecule has 2 saturated heterocycles. The standard InChI is InChI=1S/C29H46N6O6/c1-21-20-33(28(37)41-29(2,3)4)14-15-34(21)27(36)22-8-10-23(11-9-22)31-24-18-26(30-19-25(24)35(38)39)40-17-16-32-12-6-5-7-13-32/h18-19,21-23H,5-17,20H2,1-4H3,(H,30,31)/t21-,22?,23?/m1/s1. The van der Waals surface area contributed by atoms with Crippen LogP contribution in [-0.4, -0.2) is 100 Å². The Morgan fingerprint density at radius 1 is 1.10 bits per heavy atom. The lowest BCUT2D eigenvalue weighted by Gasteiger charge is -2.42. The Bertz CT molecular complexity index is 1060. The van der Waals surface area contributed by atoms with E-state index < -0.39 is 10.5 Å². The smallest absolute Gasteiger partial charge is 0.410 e. The molecule has 1 aromatic heterocycles. The molecule has 0 unspecified atom stereocenters. The number of aromatic nitrogens is 1. The van der Waals surface area contributed by atoms with Crippen molar-refractivity contribution < 1.29 is 24.0 Å². The fourth-order valence-corrected chi connectivity index (χ4v) is 5.95. The topological polar surface area (TPSA) is 130 Å². The zero-order valence-electron chi connectivity index (χ0n) is 25.0. The van der Waals surface area contributed by atoms with Crippen molar-refractivity contribution in [3.05, 3.63) is 22.4 Å². The first-order chi connectivity index (χ1) is 19.5. The molecule has 0 aromatic carbocycles. The van der Waals surface area contributed by atoms with Gasteiger partial charge in [-0.2, -0.15) is 0 Å². The molecule has 1 atom stereocenters. The predicted octanol–water partition coefficient (Wildman–Crippen LogP) is 4.29. The van der Waals surface area contributed by atoms with Gasteiger partial charge in [-0.1, -0.05) is 6.42 Å². The van der Waals surface area contributed by atoms with Crippen molar-refractivity contribution in [3.63, 3.8) is 0 Å². The molecule has 1 N–H and O–H groups in total. The van der Waals surface area contributed by atoms with E-state index in [9.17, 15) is 19.7 Å². The number of likely N-dealkylation sites (tertiary alicyclic amines) is 1. The predicted molar refractivity (Wildman–Crippen MR) is 155 cm³/mol. The van der Waals surface area contributed by atoms with Crippen molar-refractivity contribution in [2.24, 2.45) is 5.92 Å². The number of carbonyl (C=O) groups excluding carboxylic acids is 2. The number of ether oxygens (including phenoxy) is 2. The fourth-order valence-electron chi connectivity index (χ4n) is 5.95. The average molecular weight is 575 g/mol. The summed E-state index contributed by atoms with van der Waals surface area (Å²) in [5, 5.41) is 15.0. The summed E-state index contributed by atoms with van der Waals surface area (Å²) in [5.74, 6) is 0.405. The largest absolute Gasteiger partial charge is 0.476 e. The minimum Gasteiger partial charge on any atom is -0.476 e. The SMILES string of the molecule is C[C@@H]1CN(C(=O)OC(C)(C)C)CCN1C(=O)C1CCC(Nc2cc(OCCN3CCCCC3)ncc2[N+](=O)[O-])CC1. The molecule has 1 aromatic rings. The quantitative estimate of drug-likeness (QED) is 0.357. The van der Waals surface area contributed by atoms with E-state index >= 15 is 0 Å². The van der Waals surface area contributed by atoms with Crippen molar-refractivity contribution in [1.29, 1.82) is 0 Å². The van der Waals surface area contributed by atoms with Gasteiger partial charge in [0.2, 0.25) is 11.8 Å². The Morgan fingerprint density at radius 3 is 2.44 bits per heavy atom. The van der Waals surface area contributed by atoms with Gasteiger partial charge in [0.1, 0.15) is 24.1 Å². The van der Waals surface area contributed by atoms with E-state index in [1.54, 1.807) is 11.0 Å². The van der Waals surface area contributed by atoms with E-state index in [1.807, 2.05) is 32.6 Å². The number of piperidine rings is 1. The third-order valence-corrected chi connectivity index (χ3v) is 8.16. The van der Waals surface area contributed by atoms with Crippen molar-refractivity contribution in [2.75, 3.05) is 51.2 Å². The van der Waals surface area contributed by atoms with Crippen LogP contribution in [0.3, 0.4) is 0 Å². The number of nitro groups is 1. The third-order valence-electron chi connectivity index (χ3n) is 8.16. The lowest BCUT2D eigenvalue weighted by Crippen LogP contribution is -2.57. The highest BCUT2D eigenvalue weighted by Gasteiger charge is 2.36. The Hall–Kier alpha value is -3.15. The number of nitrogens with zero attached hydrogens (tertiary/aromatic N) is 5. The van der Waals surface area contributed by atoms with E-state index in [-0.39, 0.29) is 35.7 Å². The molecule has 12 heteroatoms.